The molecule has 1 aromatic rings. The van der Waals surface area contributed by atoms with Gasteiger partial charge in [0.15, 0.2) is 0 Å². The lowest BCUT2D eigenvalue weighted by molar-refractivity contribution is -0.137. The van der Waals surface area contributed by atoms with Crippen molar-refractivity contribution < 1.29 is 17.6 Å². The minimum absolute atomic E-state index is 0.0880. The Morgan fingerprint density at radius 3 is 2.21 bits per heavy atom. The summed E-state index contributed by atoms with van der Waals surface area (Å²) in [7, 11) is -3.19. The number of anilines is 1. The van der Waals surface area contributed by atoms with Gasteiger partial charge in [-0.25, -0.2) is 17.1 Å². The van der Waals surface area contributed by atoms with E-state index in [1.54, 1.807) is 16.4 Å². The first-order valence-corrected chi connectivity index (χ1v) is 11.8. The highest BCUT2D eigenvalue weighted by atomic mass is 32.2. The summed E-state index contributed by atoms with van der Waals surface area (Å²) in [5.41, 5.74) is 0.971. The highest BCUT2D eigenvalue weighted by molar-refractivity contribution is 7.89. The Balaban J connectivity index is 1.48. The van der Waals surface area contributed by atoms with E-state index in [4.69, 9.17) is 0 Å². The van der Waals surface area contributed by atoms with Crippen LogP contribution >= 0.6 is 0 Å². The Kier molecular flexibility index (Phi) is 6.93. The lowest BCUT2D eigenvalue weighted by Crippen LogP contribution is -2.52. The number of carbonyl (C=O) groups is 1. The fraction of sp³-hybridized carbons (Fsp3) is 0.650. The average Bonchev–Trinajstić information content (AvgIpc) is 2.72. The van der Waals surface area contributed by atoms with Crippen LogP contribution < -0.4 is 4.90 Å². The van der Waals surface area contributed by atoms with Gasteiger partial charge in [-0.3, -0.25) is 4.79 Å². The van der Waals surface area contributed by atoms with Crippen molar-refractivity contribution in [3.05, 3.63) is 30.1 Å². The maximum Gasteiger partial charge on any atom is 0.225 e. The summed E-state index contributed by atoms with van der Waals surface area (Å²) in [6.45, 7) is 5.60. The number of rotatable bonds is 6. The number of nitrogens with zero attached hydrogens (tertiary/aromatic N) is 3. The zero-order valence-electron chi connectivity index (χ0n) is 16.5. The van der Waals surface area contributed by atoms with Gasteiger partial charge in [0.25, 0.3) is 0 Å². The first-order valence-electron chi connectivity index (χ1n) is 10.2. The van der Waals surface area contributed by atoms with Crippen molar-refractivity contribution in [3.8, 4) is 0 Å². The van der Waals surface area contributed by atoms with Gasteiger partial charge in [0.2, 0.25) is 15.9 Å². The normalized spacial score (nSPS) is 19.8. The third-order valence-electron chi connectivity index (χ3n) is 5.74. The lowest BCUT2D eigenvalue weighted by Gasteiger charge is -2.39. The van der Waals surface area contributed by atoms with Gasteiger partial charge in [-0.05, 0) is 43.5 Å². The molecule has 0 unspecified atom stereocenters. The third kappa shape index (κ3) is 5.03. The van der Waals surface area contributed by atoms with E-state index in [1.807, 2.05) is 11.8 Å². The fourth-order valence-electron chi connectivity index (χ4n) is 3.93. The fourth-order valence-corrected chi connectivity index (χ4v) is 5.61. The second kappa shape index (κ2) is 9.22. The number of piperidine rings is 1. The number of unbranched alkanes of at least 4 members (excludes halogenated alkanes) is 1. The summed E-state index contributed by atoms with van der Waals surface area (Å²) >= 11 is 0. The predicted octanol–water partition coefficient (Wildman–Crippen LogP) is 2.32. The molecule has 2 aliphatic rings. The number of benzene rings is 1. The van der Waals surface area contributed by atoms with E-state index < -0.39 is 10.0 Å². The van der Waals surface area contributed by atoms with E-state index in [1.165, 1.54) is 12.1 Å². The molecule has 1 aromatic carbocycles. The number of hydrogen-bond acceptors (Lipinski definition) is 4. The predicted molar refractivity (Wildman–Crippen MR) is 108 cm³/mol. The van der Waals surface area contributed by atoms with Crippen molar-refractivity contribution in [1.29, 1.82) is 0 Å². The zero-order valence-corrected chi connectivity index (χ0v) is 17.3. The van der Waals surface area contributed by atoms with Crippen LogP contribution in [0.1, 0.15) is 32.6 Å². The minimum atomic E-state index is -3.19. The van der Waals surface area contributed by atoms with Crippen LogP contribution in [0.25, 0.3) is 0 Å². The van der Waals surface area contributed by atoms with Crippen LogP contribution in [0.2, 0.25) is 0 Å². The Bertz CT molecular complexity index is 753. The molecule has 0 radical (unpaired) electrons. The molecule has 156 valence electrons. The summed E-state index contributed by atoms with van der Waals surface area (Å²) in [4.78, 5) is 16.9. The molecule has 0 aliphatic carbocycles. The van der Waals surface area contributed by atoms with Crippen LogP contribution in [-0.4, -0.2) is 68.6 Å². The molecule has 8 heteroatoms. The first-order chi connectivity index (χ1) is 13.4. The molecule has 28 heavy (non-hydrogen) atoms. The number of halogens is 1. The van der Waals surface area contributed by atoms with Gasteiger partial charge in [-0.2, -0.15) is 0 Å². The topological polar surface area (TPSA) is 60.9 Å². The van der Waals surface area contributed by atoms with E-state index in [9.17, 15) is 17.6 Å². The molecule has 0 aromatic heterocycles. The van der Waals surface area contributed by atoms with Gasteiger partial charge < -0.3 is 9.80 Å². The number of hydrogen-bond donors (Lipinski definition) is 0. The van der Waals surface area contributed by atoms with Crippen molar-refractivity contribution in [2.24, 2.45) is 5.92 Å². The van der Waals surface area contributed by atoms with Gasteiger partial charge >= 0.3 is 0 Å². The first kappa shape index (κ1) is 21.0. The number of piperazine rings is 1. The summed E-state index contributed by atoms with van der Waals surface area (Å²) in [6, 6.07) is 6.44. The molecule has 0 saturated carbocycles. The highest BCUT2D eigenvalue weighted by Crippen LogP contribution is 2.24. The van der Waals surface area contributed by atoms with Crippen LogP contribution in [0.4, 0.5) is 10.1 Å². The van der Waals surface area contributed by atoms with Gasteiger partial charge in [0.05, 0.1) is 5.75 Å². The summed E-state index contributed by atoms with van der Waals surface area (Å²) in [6.07, 6.45) is 2.74. The Morgan fingerprint density at radius 1 is 1.04 bits per heavy atom. The van der Waals surface area contributed by atoms with Crippen molar-refractivity contribution in [3.63, 3.8) is 0 Å². The van der Waals surface area contributed by atoms with Crippen LogP contribution in [0.15, 0.2) is 24.3 Å². The average molecular weight is 412 g/mol. The number of amides is 1. The number of sulfonamides is 1. The van der Waals surface area contributed by atoms with Crippen LogP contribution in [-0.2, 0) is 14.8 Å². The van der Waals surface area contributed by atoms with Crippen LogP contribution in [0.3, 0.4) is 0 Å². The van der Waals surface area contributed by atoms with Crippen LogP contribution in [0.5, 0.6) is 0 Å². The Labute approximate surface area is 167 Å². The van der Waals surface area contributed by atoms with E-state index >= 15 is 0 Å². The van der Waals surface area contributed by atoms with E-state index in [2.05, 4.69) is 4.90 Å². The maximum absolute atomic E-state index is 13.1. The third-order valence-corrected chi connectivity index (χ3v) is 7.69. The molecular formula is C20H30FN3O3S. The molecule has 1 amide bonds. The monoisotopic (exact) mass is 411 g/mol. The summed E-state index contributed by atoms with van der Waals surface area (Å²) in [5, 5.41) is 0. The van der Waals surface area contributed by atoms with Crippen molar-refractivity contribution in [1.82, 2.24) is 9.21 Å². The van der Waals surface area contributed by atoms with Gasteiger partial charge in [-0.1, -0.05) is 13.3 Å². The molecule has 2 heterocycles. The molecule has 2 aliphatic heterocycles. The molecule has 3 rings (SSSR count). The number of carbonyl (C=O) groups excluding carboxylic acids is 1. The van der Waals surface area contributed by atoms with Gasteiger partial charge in [0, 0.05) is 50.9 Å². The molecule has 6 nitrogen and oxygen atoms in total. The molecule has 0 spiro atoms. The molecule has 2 fully saturated rings. The second-order valence-corrected chi connectivity index (χ2v) is 9.72. The van der Waals surface area contributed by atoms with Crippen LogP contribution in [0, 0.1) is 11.7 Å². The smallest absolute Gasteiger partial charge is 0.225 e. The summed E-state index contributed by atoms with van der Waals surface area (Å²) < 4.78 is 39.3. The van der Waals surface area contributed by atoms with Gasteiger partial charge in [0.1, 0.15) is 5.82 Å². The standard InChI is InChI=1S/C20H30FN3O3S/c1-2-3-16-28(26,27)24-10-8-17(9-11-24)20(25)23-14-12-22(13-15-23)19-6-4-18(21)5-7-19/h4-7,17H,2-3,8-16H2,1H3. The second-order valence-electron chi connectivity index (χ2n) is 7.63. The quantitative estimate of drug-likeness (QED) is 0.721. The highest BCUT2D eigenvalue weighted by Gasteiger charge is 2.33. The molecule has 0 bridgehead atoms. The Morgan fingerprint density at radius 2 is 1.64 bits per heavy atom. The largest absolute Gasteiger partial charge is 0.368 e. The lowest BCUT2D eigenvalue weighted by atomic mass is 9.96. The van der Waals surface area contributed by atoms with Gasteiger partial charge in [-0.15, -0.1) is 0 Å². The van der Waals surface area contributed by atoms with Crippen molar-refractivity contribution >= 4 is 21.6 Å². The zero-order chi connectivity index (χ0) is 20.1. The SMILES string of the molecule is CCCCS(=O)(=O)N1CCC(C(=O)N2CCN(c3ccc(F)cc3)CC2)CC1. The molecule has 0 atom stereocenters. The Hall–Kier alpha value is -1.67. The molecule has 0 N–H and O–H groups in total. The molecule has 2 saturated heterocycles. The molecular weight excluding hydrogens is 381 g/mol. The summed E-state index contributed by atoms with van der Waals surface area (Å²) in [5.74, 6) is 0.00737. The van der Waals surface area contributed by atoms with Crippen molar-refractivity contribution in [2.45, 2.75) is 32.6 Å². The maximum atomic E-state index is 13.1. The van der Waals surface area contributed by atoms with E-state index in [-0.39, 0.29) is 23.4 Å². The van der Waals surface area contributed by atoms with Crippen molar-refractivity contribution in [2.75, 3.05) is 49.9 Å². The van der Waals surface area contributed by atoms with E-state index in [0.29, 0.717) is 45.4 Å². The minimum Gasteiger partial charge on any atom is -0.368 e. The van der Waals surface area contributed by atoms with E-state index in [0.717, 1.165) is 25.2 Å².